The first kappa shape index (κ1) is 31.5. The molecular formula is C29H37N5O9. The van der Waals surface area contributed by atoms with Crippen LogP contribution in [-0.4, -0.2) is 124 Å². The van der Waals surface area contributed by atoms with Crippen LogP contribution < -0.4 is 10.1 Å². The number of nitrogens with one attached hydrogen (secondary N) is 1. The van der Waals surface area contributed by atoms with Crippen molar-refractivity contribution >= 4 is 40.7 Å². The third kappa shape index (κ3) is 8.31. The number of ether oxygens (including phenoxy) is 2. The molecule has 0 spiro atoms. The van der Waals surface area contributed by atoms with E-state index in [1.807, 2.05) is 0 Å². The van der Waals surface area contributed by atoms with Gasteiger partial charge in [-0.25, -0.2) is 9.78 Å². The van der Waals surface area contributed by atoms with Gasteiger partial charge in [0.25, 0.3) is 11.8 Å². The highest BCUT2D eigenvalue weighted by Crippen LogP contribution is 2.26. The summed E-state index contributed by atoms with van der Waals surface area (Å²) < 4.78 is 10.9. The average Bonchev–Trinajstić information content (AvgIpc) is 3.01. The summed E-state index contributed by atoms with van der Waals surface area (Å²) in [6.45, 7) is 3.27. The smallest absolute Gasteiger partial charge is 0.409 e. The molecule has 2 saturated heterocycles. The molecule has 2 atom stereocenters. The number of amides is 4. The number of benzene rings is 1. The molecule has 2 fully saturated rings. The molecule has 1 aromatic carbocycles. The molecule has 2 aromatic rings. The lowest BCUT2D eigenvalue weighted by molar-refractivity contribution is -0.138. The number of aliphatic carboxylic acids is 1. The zero-order valence-electron chi connectivity index (χ0n) is 24.1. The molecule has 4 rings (SSSR count). The monoisotopic (exact) mass is 599 g/mol. The maximum atomic E-state index is 13.4. The molecule has 0 aliphatic carbocycles. The second kappa shape index (κ2) is 14.6. The van der Waals surface area contributed by atoms with Gasteiger partial charge in [-0.3, -0.25) is 19.2 Å². The minimum absolute atomic E-state index is 0.0743. The zero-order chi connectivity index (χ0) is 30.9. The standard InChI is InChI=1S/C29H37N5O9/c1-2-42-29(41)33-14-12-32(13-15-33)28(40)22(9-10-26(37)38)31-27(39)23-16-24(20-7-3-4-8-21(20)30-23)43-18-25(36)34-11-5-6-19(35)17-34/h3-4,7-8,16,19,22,35H,2,5-6,9-15,17-18H2,1H3,(H,31,39)(H,37,38). The van der Waals surface area contributed by atoms with Crippen LogP contribution in [0.2, 0.25) is 0 Å². The third-order valence-corrected chi connectivity index (χ3v) is 7.38. The molecule has 4 amide bonds. The number of aromatic nitrogens is 1. The molecule has 0 saturated carbocycles. The molecule has 2 unspecified atom stereocenters. The molecule has 14 heteroatoms. The molecular weight excluding hydrogens is 562 g/mol. The Kier molecular flexibility index (Phi) is 10.7. The number of hydrogen-bond donors (Lipinski definition) is 3. The number of carboxylic acids is 1. The van der Waals surface area contributed by atoms with Gasteiger partial charge in [-0.1, -0.05) is 12.1 Å². The van der Waals surface area contributed by atoms with Crippen molar-refractivity contribution < 1.29 is 43.7 Å². The number of β-amino-alcohol motifs (C(OH)–C–C–N with tert-alkyl or cyclic N) is 1. The number of carbonyl (C=O) groups excluding carboxylic acids is 4. The van der Waals surface area contributed by atoms with E-state index in [0.717, 1.165) is 0 Å². The zero-order valence-corrected chi connectivity index (χ0v) is 24.1. The van der Waals surface area contributed by atoms with Crippen LogP contribution >= 0.6 is 0 Å². The minimum atomic E-state index is -1.15. The van der Waals surface area contributed by atoms with E-state index in [2.05, 4.69) is 10.3 Å². The Labute approximate surface area is 248 Å². The number of aliphatic hydroxyl groups excluding tert-OH is 1. The first-order valence-electron chi connectivity index (χ1n) is 14.4. The lowest BCUT2D eigenvalue weighted by Crippen LogP contribution is -2.56. The van der Waals surface area contributed by atoms with Gasteiger partial charge in [0, 0.05) is 57.1 Å². The van der Waals surface area contributed by atoms with Crippen molar-refractivity contribution in [1.29, 1.82) is 0 Å². The summed E-state index contributed by atoms with van der Waals surface area (Å²) in [6, 6.07) is 7.15. The number of carbonyl (C=O) groups is 5. The number of fused-ring (bicyclic) bond motifs is 1. The first-order valence-corrected chi connectivity index (χ1v) is 14.4. The van der Waals surface area contributed by atoms with Crippen LogP contribution in [0, 0.1) is 0 Å². The number of nitrogens with zero attached hydrogens (tertiary/aromatic N) is 4. The van der Waals surface area contributed by atoms with Crippen molar-refractivity contribution in [1.82, 2.24) is 25.0 Å². The molecule has 0 bridgehead atoms. The van der Waals surface area contributed by atoms with E-state index in [9.17, 15) is 34.2 Å². The van der Waals surface area contributed by atoms with Gasteiger partial charge in [0.2, 0.25) is 5.91 Å². The highest BCUT2D eigenvalue weighted by Gasteiger charge is 2.31. The van der Waals surface area contributed by atoms with E-state index in [1.165, 1.54) is 20.8 Å². The van der Waals surface area contributed by atoms with E-state index < -0.39 is 36.0 Å². The lowest BCUT2D eigenvalue weighted by atomic mass is 10.1. The van der Waals surface area contributed by atoms with Gasteiger partial charge in [-0.15, -0.1) is 0 Å². The van der Waals surface area contributed by atoms with Gasteiger partial charge in [0.15, 0.2) is 6.61 Å². The Morgan fingerprint density at radius 1 is 1.05 bits per heavy atom. The van der Waals surface area contributed by atoms with E-state index in [1.54, 1.807) is 31.2 Å². The third-order valence-electron chi connectivity index (χ3n) is 7.38. The number of rotatable bonds is 10. The predicted octanol–water partition coefficient (Wildman–Crippen LogP) is 0.861. The molecule has 43 heavy (non-hydrogen) atoms. The van der Waals surface area contributed by atoms with Crippen molar-refractivity contribution in [2.45, 2.75) is 44.8 Å². The number of piperazine rings is 1. The summed E-state index contributed by atoms with van der Waals surface area (Å²) in [5.41, 5.74) is 0.351. The number of carboxylic acid groups (broad SMARTS) is 1. The van der Waals surface area contributed by atoms with Crippen LogP contribution in [0.4, 0.5) is 4.79 Å². The second-order valence-electron chi connectivity index (χ2n) is 10.4. The fourth-order valence-corrected chi connectivity index (χ4v) is 5.09. The summed E-state index contributed by atoms with van der Waals surface area (Å²) >= 11 is 0. The molecule has 3 heterocycles. The normalized spacial score (nSPS) is 17.7. The summed E-state index contributed by atoms with van der Waals surface area (Å²) in [5.74, 6) is -2.36. The van der Waals surface area contributed by atoms with Crippen LogP contribution in [0.5, 0.6) is 5.75 Å². The van der Waals surface area contributed by atoms with Crippen LogP contribution in [0.3, 0.4) is 0 Å². The predicted molar refractivity (Wildman–Crippen MR) is 152 cm³/mol. The SMILES string of the molecule is CCOC(=O)N1CCN(C(=O)C(CCC(=O)O)NC(=O)c2cc(OCC(=O)N3CCCC(O)C3)c3ccccc3n2)CC1. The lowest BCUT2D eigenvalue weighted by Gasteiger charge is -2.35. The highest BCUT2D eigenvalue weighted by atomic mass is 16.6. The highest BCUT2D eigenvalue weighted by molar-refractivity contribution is 5.99. The molecule has 0 radical (unpaired) electrons. The van der Waals surface area contributed by atoms with E-state index in [-0.39, 0.29) is 76.1 Å². The minimum Gasteiger partial charge on any atom is -0.483 e. The molecule has 14 nitrogen and oxygen atoms in total. The molecule has 2 aliphatic heterocycles. The average molecular weight is 600 g/mol. The summed E-state index contributed by atoms with van der Waals surface area (Å²) in [6.07, 6.45) is -0.220. The van der Waals surface area contributed by atoms with Gasteiger partial charge in [0.05, 0.1) is 18.2 Å². The topological polar surface area (TPSA) is 179 Å². The van der Waals surface area contributed by atoms with Crippen molar-refractivity contribution in [3.05, 3.63) is 36.0 Å². The largest absolute Gasteiger partial charge is 0.483 e. The number of hydrogen-bond acceptors (Lipinski definition) is 9. The Balaban J connectivity index is 1.48. The number of para-hydroxylation sites is 1. The summed E-state index contributed by atoms with van der Waals surface area (Å²) in [5, 5.41) is 22.4. The maximum Gasteiger partial charge on any atom is 0.409 e. The molecule has 3 N–H and O–H groups in total. The first-order chi connectivity index (χ1) is 20.7. The number of pyridine rings is 1. The van der Waals surface area contributed by atoms with Crippen molar-refractivity contribution in [2.75, 3.05) is 52.5 Å². The summed E-state index contributed by atoms with van der Waals surface area (Å²) in [7, 11) is 0. The van der Waals surface area contributed by atoms with Crippen LogP contribution in [0.25, 0.3) is 10.9 Å². The molecule has 2 aliphatic rings. The van der Waals surface area contributed by atoms with Crippen LogP contribution in [-0.2, 0) is 19.1 Å². The number of likely N-dealkylation sites (tertiary alicyclic amines) is 1. The van der Waals surface area contributed by atoms with Gasteiger partial charge in [-0.05, 0) is 38.3 Å². The molecule has 1 aromatic heterocycles. The Hall–Kier alpha value is -4.46. The van der Waals surface area contributed by atoms with Crippen LogP contribution in [0.15, 0.2) is 30.3 Å². The Bertz CT molecular complexity index is 1340. The van der Waals surface area contributed by atoms with Gasteiger partial charge < -0.3 is 39.7 Å². The number of aliphatic hydroxyl groups is 1. The van der Waals surface area contributed by atoms with Crippen molar-refractivity contribution in [3.8, 4) is 5.75 Å². The maximum absolute atomic E-state index is 13.4. The Morgan fingerprint density at radius 2 is 1.77 bits per heavy atom. The van der Waals surface area contributed by atoms with Crippen LogP contribution in [0.1, 0.15) is 43.1 Å². The van der Waals surface area contributed by atoms with Gasteiger partial charge in [-0.2, -0.15) is 0 Å². The Morgan fingerprint density at radius 3 is 2.47 bits per heavy atom. The van der Waals surface area contributed by atoms with Crippen molar-refractivity contribution in [3.63, 3.8) is 0 Å². The molecule has 232 valence electrons. The second-order valence-corrected chi connectivity index (χ2v) is 10.4. The van der Waals surface area contributed by atoms with Gasteiger partial charge in [0.1, 0.15) is 17.5 Å². The number of piperidine rings is 1. The van der Waals surface area contributed by atoms with E-state index in [4.69, 9.17) is 9.47 Å². The fraction of sp³-hybridized carbons (Fsp3) is 0.517. The van der Waals surface area contributed by atoms with Crippen molar-refractivity contribution in [2.24, 2.45) is 0 Å². The quantitative estimate of drug-likeness (QED) is 0.355. The van der Waals surface area contributed by atoms with E-state index in [0.29, 0.717) is 30.3 Å². The van der Waals surface area contributed by atoms with Gasteiger partial charge >= 0.3 is 12.1 Å². The van der Waals surface area contributed by atoms with E-state index >= 15 is 0 Å². The summed E-state index contributed by atoms with van der Waals surface area (Å²) in [4.78, 5) is 71.8. The fourth-order valence-electron chi connectivity index (χ4n) is 5.09.